The number of imidazole rings is 1. The fraction of sp³-hybridized carbons (Fsp3) is 0. The molecule has 1 aromatic heterocycles. The Kier molecular flexibility index (Phi) is 3.90. The molecule has 4 rings (SSSR count). The highest BCUT2D eigenvalue weighted by molar-refractivity contribution is 9.10. The van der Waals surface area contributed by atoms with E-state index in [4.69, 9.17) is 0 Å². The molecule has 0 spiro atoms. The van der Waals surface area contributed by atoms with Gasteiger partial charge in [-0.3, -0.25) is 9.13 Å². The molecule has 0 fully saturated rings. The number of aromatic nitrogens is 2. The van der Waals surface area contributed by atoms with Crippen molar-refractivity contribution in [2.45, 2.75) is 0 Å². The summed E-state index contributed by atoms with van der Waals surface area (Å²) in [5, 5.41) is 0. The molecule has 0 N–H and O–H groups in total. The largest absolute Gasteiger partial charge is 0.338 e. The summed E-state index contributed by atoms with van der Waals surface area (Å²) in [6, 6.07) is 23.3. The van der Waals surface area contributed by atoms with Crippen LogP contribution in [-0.4, -0.2) is 9.13 Å². The van der Waals surface area contributed by atoms with Crippen LogP contribution in [0.1, 0.15) is 0 Å². The highest BCUT2D eigenvalue weighted by Crippen LogP contribution is 2.23. The molecule has 24 heavy (non-hydrogen) atoms. The maximum absolute atomic E-state index is 13.2. The first-order valence-corrected chi connectivity index (χ1v) is 8.98. The lowest BCUT2D eigenvalue weighted by atomic mass is 10.2. The van der Waals surface area contributed by atoms with E-state index in [0.29, 0.717) is 0 Å². The van der Waals surface area contributed by atoms with Gasteiger partial charge in [-0.15, -0.1) is 0 Å². The van der Waals surface area contributed by atoms with Crippen molar-refractivity contribution in [2.24, 2.45) is 0 Å². The minimum absolute atomic E-state index is 0.0904. The Hall–Kier alpha value is -2.11. The second-order valence-corrected chi connectivity index (χ2v) is 7.23. The van der Waals surface area contributed by atoms with Gasteiger partial charge in [-0.25, -0.2) is 4.79 Å². The zero-order chi connectivity index (χ0) is 16.7. The smallest absolute Gasteiger partial charge is 0.260 e. The summed E-state index contributed by atoms with van der Waals surface area (Å²) in [4.78, 5) is 13.2. The van der Waals surface area contributed by atoms with E-state index in [9.17, 15) is 4.79 Å². The second-order valence-electron chi connectivity index (χ2n) is 5.40. The summed E-state index contributed by atoms with van der Waals surface area (Å²) < 4.78 is 5.35. The van der Waals surface area contributed by atoms with E-state index in [-0.39, 0.29) is 5.69 Å². The molecule has 0 aliphatic rings. The monoisotopic (exact) mass is 442 g/mol. The molecule has 5 heteroatoms. The lowest BCUT2D eigenvalue weighted by molar-refractivity contribution is 0.929. The molecule has 0 bridgehead atoms. The van der Waals surface area contributed by atoms with Gasteiger partial charge in [0.05, 0.1) is 22.4 Å². The molecule has 3 aromatic carbocycles. The van der Waals surface area contributed by atoms with E-state index < -0.39 is 0 Å². The Labute approximate surface area is 155 Å². The van der Waals surface area contributed by atoms with Crippen LogP contribution in [0.25, 0.3) is 22.4 Å². The van der Waals surface area contributed by atoms with Gasteiger partial charge in [-0.1, -0.05) is 56.1 Å². The fourth-order valence-electron chi connectivity index (χ4n) is 2.88. The van der Waals surface area contributed by atoms with Crippen molar-refractivity contribution in [1.29, 1.82) is 0 Å². The standard InChI is InChI=1S/C19H12Br2N2O/c20-13-5-3-7-15(11-13)22-17-9-1-2-10-18(17)23(19(22)24)16-8-4-6-14(21)12-16/h1-12H. The molecule has 4 aromatic rings. The lowest BCUT2D eigenvalue weighted by Gasteiger charge is -2.04. The van der Waals surface area contributed by atoms with E-state index in [1.54, 1.807) is 9.13 Å². The molecular weight excluding hydrogens is 432 g/mol. The molecule has 0 unspecified atom stereocenters. The normalized spacial score (nSPS) is 11.1. The van der Waals surface area contributed by atoms with Crippen molar-refractivity contribution >= 4 is 42.9 Å². The highest BCUT2D eigenvalue weighted by atomic mass is 79.9. The van der Waals surface area contributed by atoms with Gasteiger partial charge in [0.2, 0.25) is 0 Å². The summed E-state index contributed by atoms with van der Waals surface area (Å²) in [7, 11) is 0. The Balaban J connectivity index is 2.10. The maximum atomic E-state index is 13.2. The van der Waals surface area contributed by atoms with E-state index in [2.05, 4.69) is 31.9 Å². The van der Waals surface area contributed by atoms with Crippen molar-refractivity contribution < 1.29 is 0 Å². The Morgan fingerprint density at radius 3 is 1.50 bits per heavy atom. The molecule has 0 radical (unpaired) electrons. The number of nitrogens with zero attached hydrogens (tertiary/aromatic N) is 2. The zero-order valence-corrected chi connectivity index (χ0v) is 15.7. The molecule has 0 aliphatic heterocycles. The van der Waals surface area contributed by atoms with E-state index in [1.807, 2.05) is 72.8 Å². The number of halogens is 2. The summed E-state index contributed by atoms with van der Waals surface area (Å²) >= 11 is 6.96. The number of hydrogen-bond donors (Lipinski definition) is 0. The van der Waals surface area contributed by atoms with Crippen LogP contribution in [0.3, 0.4) is 0 Å². The predicted octanol–water partition coefficient (Wildman–Crippen LogP) is 5.31. The number of benzene rings is 3. The number of para-hydroxylation sites is 2. The molecule has 0 saturated carbocycles. The third kappa shape index (κ3) is 2.54. The molecule has 0 atom stereocenters. The van der Waals surface area contributed by atoms with Gasteiger partial charge < -0.3 is 0 Å². The van der Waals surface area contributed by atoms with Gasteiger partial charge in [0.1, 0.15) is 0 Å². The number of rotatable bonds is 2. The SMILES string of the molecule is O=c1n(-c2cccc(Br)c2)c2ccccc2n1-c1cccc(Br)c1. The molecular formula is C19H12Br2N2O. The number of fused-ring (bicyclic) bond motifs is 1. The van der Waals surface area contributed by atoms with Crippen LogP contribution < -0.4 is 5.69 Å². The average molecular weight is 444 g/mol. The van der Waals surface area contributed by atoms with Crippen LogP contribution in [0.2, 0.25) is 0 Å². The van der Waals surface area contributed by atoms with Gasteiger partial charge in [0.15, 0.2) is 0 Å². The van der Waals surface area contributed by atoms with Crippen LogP contribution in [0.5, 0.6) is 0 Å². The first-order chi connectivity index (χ1) is 11.6. The minimum atomic E-state index is -0.0904. The summed E-state index contributed by atoms with van der Waals surface area (Å²) in [5.41, 5.74) is 3.33. The Bertz CT molecular complexity index is 1030. The van der Waals surface area contributed by atoms with Crippen molar-refractivity contribution in [2.75, 3.05) is 0 Å². The summed E-state index contributed by atoms with van der Waals surface area (Å²) in [5.74, 6) is 0. The van der Waals surface area contributed by atoms with Crippen LogP contribution in [-0.2, 0) is 0 Å². The van der Waals surface area contributed by atoms with Gasteiger partial charge in [-0.2, -0.15) is 0 Å². The van der Waals surface area contributed by atoms with E-state index in [0.717, 1.165) is 31.4 Å². The van der Waals surface area contributed by atoms with Crippen molar-refractivity contribution in [1.82, 2.24) is 9.13 Å². The Morgan fingerprint density at radius 2 is 1.08 bits per heavy atom. The van der Waals surface area contributed by atoms with E-state index in [1.165, 1.54) is 0 Å². The molecule has 0 amide bonds. The van der Waals surface area contributed by atoms with Crippen molar-refractivity contribution in [3.63, 3.8) is 0 Å². The second kappa shape index (κ2) is 6.07. The molecule has 1 heterocycles. The highest BCUT2D eigenvalue weighted by Gasteiger charge is 2.15. The lowest BCUT2D eigenvalue weighted by Crippen LogP contribution is -2.22. The van der Waals surface area contributed by atoms with Crippen LogP contribution in [0.15, 0.2) is 86.5 Å². The first-order valence-electron chi connectivity index (χ1n) is 7.39. The van der Waals surface area contributed by atoms with Crippen LogP contribution in [0, 0.1) is 0 Å². The quantitative estimate of drug-likeness (QED) is 0.412. The minimum Gasteiger partial charge on any atom is -0.260 e. The zero-order valence-electron chi connectivity index (χ0n) is 12.5. The third-order valence-electron chi connectivity index (χ3n) is 3.88. The van der Waals surface area contributed by atoms with Gasteiger partial charge in [-0.05, 0) is 48.5 Å². The molecule has 0 saturated heterocycles. The maximum Gasteiger partial charge on any atom is 0.338 e. The van der Waals surface area contributed by atoms with Crippen molar-refractivity contribution in [3.8, 4) is 11.4 Å². The van der Waals surface area contributed by atoms with E-state index >= 15 is 0 Å². The van der Waals surface area contributed by atoms with Crippen LogP contribution >= 0.6 is 31.9 Å². The Morgan fingerprint density at radius 1 is 0.625 bits per heavy atom. The predicted molar refractivity (Wildman–Crippen MR) is 104 cm³/mol. The molecule has 118 valence electrons. The molecule has 3 nitrogen and oxygen atoms in total. The topological polar surface area (TPSA) is 26.9 Å². The van der Waals surface area contributed by atoms with Gasteiger partial charge in [0.25, 0.3) is 0 Å². The van der Waals surface area contributed by atoms with Crippen molar-refractivity contribution in [3.05, 3.63) is 92.2 Å². The van der Waals surface area contributed by atoms with Gasteiger partial charge in [0, 0.05) is 8.95 Å². The van der Waals surface area contributed by atoms with Crippen LogP contribution in [0.4, 0.5) is 0 Å². The summed E-state index contributed by atoms with van der Waals surface area (Å²) in [6.45, 7) is 0. The summed E-state index contributed by atoms with van der Waals surface area (Å²) in [6.07, 6.45) is 0. The fourth-order valence-corrected chi connectivity index (χ4v) is 3.65. The molecule has 0 aliphatic carbocycles. The first kappa shape index (κ1) is 15.4. The average Bonchev–Trinajstić information content (AvgIpc) is 2.86. The number of hydrogen-bond acceptors (Lipinski definition) is 1. The van der Waals surface area contributed by atoms with Gasteiger partial charge >= 0.3 is 5.69 Å². The third-order valence-corrected chi connectivity index (χ3v) is 4.87.